The van der Waals surface area contributed by atoms with E-state index in [1.54, 1.807) is 0 Å². The molecule has 0 heterocycles. The standard InChI is InChI=1S/C2H8N2.4C2H4O2.3K/c3-1-2-4;4*1-2(3)4;;;/h1-4H2;4*1H3,(H,3,4);;;/q;;;;;3*+1/p-3. The molecular formula is C10H21K3N2O8. The van der Waals surface area contributed by atoms with Crippen LogP contribution in [0.1, 0.15) is 27.7 Å². The smallest absolute Gasteiger partial charge is 0.550 e. The molecule has 0 bridgehead atoms. The summed E-state index contributed by atoms with van der Waals surface area (Å²) in [5.74, 6) is -4.08. The molecule has 0 aromatic carbocycles. The number of carbonyl (C=O) groups excluding carboxylic acids is 3. The third kappa shape index (κ3) is 926. The summed E-state index contributed by atoms with van der Waals surface area (Å²) in [6.45, 7) is 5.19. The summed E-state index contributed by atoms with van der Waals surface area (Å²) in [6.07, 6.45) is 0. The van der Waals surface area contributed by atoms with E-state index < -0.39 is 23.9 Å². The van der Waals surface area contributed by atoms with Crippen molar-refractivity contribution >= 4 is 23.9 Å². The SMILES string of the molecule is CC(=O)O.CC(=O)[O-].CC(=O)[O-].CC(=O)[O-].NCCN.[K+].[K+].[K+]. The van der Waals surface area contributed by atoms with E-state index in [1.165, 1.54) is 0 Å². The molecule has 0 aliphatic carbocycles. The quantitative estimate of drug-likeness (QED) is 0.345. The van der Waals surface area contributed by atoms with E-state index in [4.69, 9.17) is 51.1 Å². The minimum atomic E-state index is -1.08. The molecule has 13 heteroatoms. The average molecular weight is 415 g/mol. The summed E-state index contributed by atoms with van der Waals surface area (Å²) < 4.78 is 0. The zero-order valence-corrected chi connectivity index (χ0v) is 24.2. The van der Waals surface area contributed by atoms with Gasteiger partial charge in [-0.1, -0.05) is 0 Å². The van der Waals surface area contributed by atoms with Crippen molar-refractivity contribution in [2.24, 2.45) is 11.5 Å². The van der Waals surface area contributed by atoms with Crippen molar-refractivity contribution < 1.29 is 194 Å². The van der Waals surface area contributed by atoms with Gasteiger partial charge in [0.15, 0.2) is 0 Å². The fourth-order valence-electron chi connectivity index (χ4n) is 0. The summed E-state index contributed by atoms with van der Waals surface area (Å²) in [5, 5.41) is 34.1. The molecule has 0 saturated carbocycles. The van der Waals surface area contributed by atoms with Crippen LogP contribution in [-0.2, 0) is 19.2 Å². The first-order valence-electron chi connectivity index (χ1n) is 4.97. The zero-order valence-electron chi connectivity index (χ0n) is 14.9. The van der Waals surface area contributed by atoms with Crippen molar-refractivity contribution in [3.8, 4) is 0 Å². The van der Waals surface area contributed by atoms with Crippen LogP contribution >= 0.6 is 0 Å². The third-order valence-corrected chi connectivity index (χ3v) is 0.167. The minimum absolute atomic E-state index is 0. The Hall–Kier alpha value is 2.71. The van der Waals surface area contributed by atoms with Gasteiger partial charge >= 0.3 is 154 Å². The van der Waals surface area contributed by atoms with Gasteiger partial charge in [-0.2, -0.15) is 0 Å². The monoisotopic (exact) mass is 414 g/mol. The predicted octanol–water partition coefficient (Wildman–Crippen LogP) is -13.7. The van der Waals surface area contributed by atoms with Crippen LogP contribution in [0.5, 0.6) is 0 Å². The molecule has 10 nitrogen and oxygen atoms in total. The molecule has 0 aliphatic heterocycles. The van der Waals surface area contributed by atoms with E-state index in [0.717, 1.165) is 27.7 Å². The zero-order chi connectivity index (χ0) is 17.7. The Morgan fingerprint density at radius 2 is 0.739 bits per heavy atom. The van der Waals surface area contributed by atoms with Crippen LogP contribution < -0.4 is 181 Å². The van der Waals surface area contributed by atoms with Gasteiger partial charge in [0.2, 0.25) is 0 Å². The van der Waals surface area contributed by atoms with Crippen LogP contribution in [0.15, 0.2) is 0 Å². The molecule has 0 radical (unpaired) electrons. The van der Waals surface area contributed by atoms with Gasteiger partial charge in [-0.3, -0.25) is 4.79 Å². The van der Waals surface area contributed by atoms with Crippen LogP contribution in [0.4, 0.5) is 0 Å². The van der Waals surface area contributed by atoms with Crippen molar-refractivity contribution in [3.63, 3.8) is 0 Å². The average Bonchev–Trinajstić information content (AvgIpc) is 2.13. The van der Waals surface area contributed by atoms with Gasteiger partial charge < -0.3 is 46.3 Å². The van der Waals surface area contributed by atoms with E-state index in [2.05, 4.69) is 0 Å². The predicted molar refractivity (Wildman–Crippen MR) is 63.5 cm³/mol. The van der Waals surface area contributed by atoms with Crippen molar-refractivity contribution in [3.05, 3.63) is 0 Å². The maximum Gasteiger partial charge on any atom is 1.00 e. The molecule has 5 N–H and O–H groups in total. The number of hydrogen-bond donors (Lipinski definition) is 3. The second-order valence-corrected chi connectivity index (χ2v) is 2.57. The van der Waals surface area contributed by atoms with E-state index in [-0.39, 0.29) is 154 Å². The summed E-state index contributed by atoms with van der Waals surface area (Å²) in [6, 6.07) is 0. The van der Waals surface area contributed by atoms with Crippen molar-refractivity contribution in [1.29, 1.82) is 0 Å². The maximum atomic E-state index is 9.00. The van der Waals surface area contributed by atoms with Crippen LogP contribution in [0.2, 0.25) is 0 Å². The minimum Gasteiger partial charge on any atom is -0.550 e. The van der Waals surface area contributed by atoms with Gasteiger partial charge in [-0.15, -0.1) is 0 Å². The Labute approximate surface area is 263 Å². The molecule has 0 atom stereocenters. The number of carboxylic acid groups (broad SMARTS) is 4. The largest absolute Gasteiger partial charge is 1.00 e. The second kappa shape index (κ2) is 49.7. The van der Waals surface area contributed by atoms with Gasteiger partial charge in [-0.05, 0) is 20.8 Å². The fourth-order valence-corrected chi connectivity index (χ4v) is 0. The molecule has 0 amide bonds. The van der Waals surface area contributed by atoms with Gasteiger partial charge in [0.05, 0.1) is 0 Å². The molecular weight excluding hydrogens is 393 g/mol. The Balaban J connectivity index is -0.0000000197. The third-order valence-electron chi connectivity index (χ3n) is 0.167. The van der Waals surface area contributed by atoms with Gasteiger partial charge in [0.25, 0.3) is 5.97 Å². The summed E-state index contributed by atoms with van der Waals surface area (Å²) in [4.78, 5) is 35.7. The van der Waals surface area contributed by atoms with Gasteiger partial charge in [0.1, 0.15) is 0 Å². The molecule has 23 heavy (non-hydrogen) atoms. The molecule has 0 saturated heterocycles. The van der Waals surface area contributed by atoms with Gasteiger partial charge in [-0.25, -0.2) is 0 Å². The fraction of sp³-hybridized carbons (Fsp3) is 0.600. The van der Waals surface area contributed by atoms with Crippen molar-refractivity contribution in [2.75, 3.05) is 13.1 Å². The number of aliphatic carboxylic acids is 4. The second-order valence-electron chi connectivity index (χ2n) is 2.57. The molecule has 0 unspecified atom stereocenters. The molecule has 122 valence electrons. The van der Waals surface area contributed by atoms with Crippen LogP contribution in [0, 0.1) is 0 Å². The Kier molecular flexibility index (Phi) is 108. The molecule has 0 rings (SSSR count). The number of carbonyl (C=O) groups is 4. The van der Waals surface area contributed by atoms with Crippen LogP contribution in [0.3, 0.4) is 0 Å². The van der Waals surface area contributed by atoms with Crippen LogP contribution in [0.25, 0.3) is 0 Å². The number of carboxylic acids is 4. The summed E-state index contributed by atoms with van der Waals surface area (Å²) >= 11 is 0. The Bertz CT molecular complexity index is 202. The molecule has 0 aromatic heterocycles. The normalized spacial score (nSPS) is 5.65. The first-order valence-corrected chi connectivity index (χ1v) is 4.97. The van der Waals surface area contributed by atoms with E-state index in [0.29, 0.717) is 13.1 Å². The Morgan fingerprint density at radius 3 is 0.739 bits per heavy atom. The topological polar surface area (TPSA) is 210 Å². The van der Waals surface area contributed by atoms with Crippen molar-refractivity contribution in [1.82, 2.24) is 0 Å². The maximum absolute atomic E-state index is 9.00. The first-order chi connectivity index (χ1) is 8.84. The molecule has 0 fully saturated rings. The van der Waals surface area contributed by atoms with Crippen LogP contribution in [-0.4, -0.2) is 42.1 Å². The van der Waals surface area contributed by atoms with Crippen molar-refractivity contribution in [2.45, 2.75) is 27.7 Å². The molecule has 0 aliphatic rings. The first kappa shape index (κ1) is 50.1. The van der Waals surface area contributed by atoms with E-state index in [1.807, 2.05) is 0 Å². The molecule has 0 aromatic rings. The number of hydrogen-bond acceptors (Lipinski definition) is 9. The molecule has 0 spiro atoms. The van der Waals surface area contributed by atoms with E-state index in [9.17, 15) is 0 Å². The Morgan fingerprint density at radius 1 is 0.696 bits per heavy atom. The summed E-state index contributed by atoms with van der Waals surface area (Å²) in [5.41, 5.74) is 9.81. The summed E-state index contributed by atoms with van der Waals surface area (Å²) in [7, 11) is 0. The van der Waals surface area contributed by atoms with E-state index >= 15 is 0 Å². The number of nitrogens with two attached hydrogens (primary N) is 2. The number of rotatable bonds is 1. The van der Waals surface area contributed by atoms with Gasteiger partial charge in [0, 0.05) is 37.9 Å².